The van der Waals surface area contributed by atoms with Gasteiger partial charge in [0.15, 0.2) is 0 Å². The van der Waals surface area contributed by atoms with Gasteiger partial charge in [-0.05, 0) is 53.2 Å². The summed E-state index contributed by atoms with van der Waals surface area (Å²) in [5.74, 6) is 0.828. The molecule has 0 N–H and O–H groups in total. The highest BCUT2D eigenvalue weighted by Crippen LogP contribution is 2.37. The molecule has 1 saturated heterocycles. The number of nitrogens with zero attached hydrogens (tertiary/aromatic N) is 2. The van der Waals surface area contributed by atoms with Crippen molar-refractivity contribution in [2.75, 3.05) is 6.54 Å². The highest BCUT2D eigenvalue weighted by Gasteiger charge is 2.40. The number of aromatic nitrogens is 1. The molecule has 2 atom stereocenters. The van der Waals surface area contributed by atoms with Gasteiger partial charge in [-0.15, -0.1) is 0 Å². The minimum absolute atomic E-state index is 0.0912. The van der Waals surface area contributed by atoms with Gasteiger partial charge >= 0.3 is 0 Å². The zero-order chi connectivity index (χ0) is 11.1. The molecule has 2 heterocycles. The van der Waals surface area contributed by atoms with Gasteiger partial charge in [-0.1, -0.05) is 6.07 Å². The first-order valence-corrected chi connectivity index (χ1v) is 6.47. The van der Waals surface area contributed by atoms with Gasteiger partial charge < -0.3 is 4.90 Å². The number of halogens is 1. The first kappa shape index (κ1) is 10.3. The molecule has 3 rings (SSSR count). The first-order chi connectivity index (χ1) is 7.74. The van der Waals surface area contributed by atoms with Crippen LogP contribution in [0.3, 0.4) is 0 Å². The number of carbonyl (C=O) groups excluding carboxylic acids is 1. The molecule has 4 heteroatoms. The Morgan fingerprint density at radius 1 is 1.44 bits per heavy atom. The van der Waals surface area contributed by atoms with Crippen molar-refractivity contribution >= 4 is 21.8 Å². The molecular formula is C12H13BrN2O. The lowest BCUT2D eigenvalue weighted by atomic mass is 10.1. The lowest BCUT2D eigenvalue weighted by molar-refractivity contribution is 0.0697. The van der Waals surface area contributed by atoms with Crippen LogP contribution in [0.25, 0.3) is 0 Å². The van der Waals surface area contributed by atoms with Crippen molar-refractivity contribution in [3.8, 4) is 0 Å². The number of amides is 1. The van der Waals surface area contributed by atoms with Crippen molar-refractivity contribution in [2.24, 2.45) is 5.92 Å². The maximum atomic E-state index is 12.2. The number of carbonyl (C=O) groups is 1. The van der Waals surface area contributed by atoms with E-state index in [4.69, 9.17) is 0 Å². The van der Waals surface area contributed by atoms with Crippen LogP contribution in [-0.4, -0.2) is 28.4 Å². The number of fused-ring (bicyclic) bond motifs is 2. The van der Waals surface area contributed by atoms with Gasteiger partial charge in [-0.3, -0.25) is 4.79 Å². The predicted molar refractivity (Wildman–Crippen MR) is 64.1 cm³/mol. The summed E-state index contributed by atoms with van der Waals surface area (Å²) in [5.41, 5.74) is 0.557. The van der Waals surface area contributed by atoms with Crippen molar-refractivity contribution in [3.63, 3.8) is 0 Å². The fourth-order valence-corrected chi connectivity index (χ4v) is 3.19. The van der Waals surface area contributed by atoms with Crippen LogP contribution in [0.15, 0.2) is 22.8 Å². The second-order valence-corrected chi connectivity index (χ2v) is 5.45. The van der Waals surface area contributed by atoms with E-state index < -0.39 is 0 Å². The van der Waals surface area contributed by atoms with Gasteiger partial charge in [0.05, 0.1) is 0 Å². The zero-order valence-electron chi connectivity index (χ0n) is 8.90. The van der Waals surface area contributed by atoms with Gasteiger partial charge in [0.25, 0.3) is 5.91 Å². The SMILES string of the molecule is O=C(c1cccc(Br)n1)N1CC2CCC1C2. The quantitative estimate of drug-likeness (QED) is 0.741. The molecule has 84 valence electrons. The van der Waals surface area contributed by atoms with E-state index in [1.807, 2.05) is 17.0 Å². The molecule has 1 aromatic heterocycles. The van der Waals surface area contributed by atoms with Crippen LogP contribution in [0.1, 0.15) is 29.8 Å². The molecule has 1 amide bonds. The Labute approximate surface area is 103 Å². The van der Waals surface area contributed by atoms with Gasteiger partial charge in [-0.2, -0.15) is 0 Å². The molecule has 16 heavy (non-hydrogen) atoms. The van der Waals surface area contributed by atoms with E-state index in [1.54, 1.807) is 6.07 Å². The lowest BCUT2D eigenvalue weighted by Gasteiger charge is -2.26. The van der Waals surface area contributed by atoms with Crippen LogP contribution in [0, 0.1) is 5.92 Å². The Bertz CT molecular complexity index is 435. The van der Waals surface area contributed by atoms with Crippen LogP contribution < -0.4 is 0 Å². The third-order valence-electron chi connectivity index (χ3n) is 3.60. The van der Waals surface area contributed by atoms with Crippen LogP contribution in [0.5, 0.6) is 0 Å². The van der Waals surface area contributed by atoms with Crippen molar-refractivity contribution in [1.82, 2.24) is 9.88 Å². The molecule has 1 aliphatic carbocycles. The molecule has 2 bridgehead atoms. The number of hydrogen-bond acceptors (Lipinski definition) is 2. The predicted octanol–water partition coefficient (Wildman–Crippen LogP) is 2.47. The van der Waals surface area contributed by atoms with E-state index >= 15 is 0 Å². The largest absolute Gasteiger partial charge is 0.334 e. The average molecular weight is 281 g/mol. The molecule has 1 aliphatic heterocycles. The topological polar surface area (TPSA) is 33.2 Å². The molecule has 1 saturated carbocycles. The molecule has 1 aromatic rings. The third kappa shape index (κ3) is 1.65. The van der Waals surface area contributed by atoms with Crippen LogP contribution in [0.2, 0.25) is 0 Å². The second-order valence-electron chi connectivity index (χ2n) is 4.64. The molecule has 2 unspecified atom stereocenters. The van der Waals surface area contributed by atoms with E-state index in [-0.39, 0.29) is 5.91 Å². The second kappa shape index (κ2) is 3.84. The van der Waals surface area contributed by atoms with Crippen LogP contribution in [-0.2, 0) is 0 Å². The molecule has 3 nitrogen and oxygen atoms in total. The molecule has 0 spiro atoms. The summed E-state index contributed by atoms with van der Waals surface area (Å²) >= 11 is 3.30. The fraction of sp³-hybridized carbons (Fsp3) is 0.500. The van der Waals surface area contributed by atoms with E-state index in [0.29, 0.717) is 11.7 Å². The Morgan fingerprint density at radius 3 is 2.94 bits per heavy atom. The smallest absolute Gasteiger partial charge is 0.272 e. The monoisotopic (exact) mass is 280 g/mol. The van der Waals surface area contributed by atoms with Crippen LogP contribution in [0.4, 0.5) is 0 Å². The third-order valence-corrected chi connectivity index (χ3v) is 4.05. The Balaban J connectivity index is 1.83. The van der Waals surface area contributed by atoms with Gasteiger partial charge in [0, 0.05) is 12.6 Å². The Hall–Kier alpha value is -0.900. The highest BCUT2D eigenvalue weighted by molar-refractivity contribution is 9.10. The maximum Gasteiger partial charge on any atom is 0.272 e. The summed E-state index contributed by atoms with van der Waals surface area (Å²) < 4.78 is 0.725. The molecule has 2 fully saturated rings. The molecule has 2 aliphatic rings. The molecule has 0 aromatic carbocycles. The maximum absolute atomic E-state index is 12.2. The normalized spacial score (nSPS) is 27.4. The number of hydrogen-bond donors (Lipinski definition) is 0. The first-order valence-electron chi connectivity index (χ1n) is 5.67. The summed E-state index contributed by atoms with van der Waals surface area (Å²) in [7, 11) is 0. The lowest BCUT2D eigenvalue weighted by Crippen LogP contribution is -2.38. The van der Waals surface area contributed by atoms with Crippen molar-refractivity contribution in [2.45, 2.75) is 25.3 Å². The van der Waals surface area contributed by atoms with E-state index in [0.717, 1.165) is 17.1 Å². The summed E-state index contributed by atoms with van der Waals surface area (Å²) in [6.07, 6.45) is 3.66. The minimum atomic E-state index is 0.0912. The summed E-state index contributed by atoms with van der Waals surface area (Å²) in [5, 5.41) is 0. The van der Waals surface area contributed by atoms with Gasteiger partial charge in [0.2, 0.25) is 0 Å². The number of rotatable bonds is 1. The van der Waals surface area contributed by atoms with Crippen LogP contribution >= 0.6 is 15.9 Å². The van der Waals surface area contributed by atoms with Crippen molar-refractivity contribution in [1.29, 1.82) is 0 Å². The standard InChI is InChI=1S/C12H13BrN2O/c13-11-3-1-2-10(14-11)12(16)15-7-8-4-5-9(15)6-8/h1-3,8-9H,4-7H2. The van der Waals surface area contributed by atoms with Gasteiger partial charge in [-0.25, -0.2) is 4.98 Å². The van der Waals surface area contributed by atoms with E-state index in [9.17, 15) is 4.79 Å². The van der Waals surface area contributed by atoms with Gasteiger partial charge in [0.1, 0.15) is 10.3 Å². The summed E-state index contributed by atoms with van der Waals surface area (Å²) in [6.45, 7) is 0.928. The minimum Gasteiger partial charge on any atom is -0.334 e. The van der Waals surface area contributed by atoms with E-state index in [1.165, 1.54) is 19.3 Å². The number of likely N-dealkylation sites (tertiary alicyclic amines) is 1. The van der Waals surface area contributed by atoms with E-state index in [2.05, 4.69) is 20.9 Å². The Kier molecular flexibility index (Phi) is 2.46. The summed E-state index contributed by atoms with van der Waals surface area (Å²) in [6, 6.07) is 5.96. The van der Waals surface area contributed by atoms with Crippen molar-refractivity contribution < 1.29 is 4.79 Å². The fourth-order valence-electron chi connectivity index (χ4n) is 2.85. The number of piperidine rings is 1. The van der Waals surface area contributed by atoms with Crippen molar-refractivity contribution in [3.05, 3.63) is 28.5 Å². The molecular weight excluding hydrogens is 268 g/mol. The highest BCUT2D eigenvalue weighted by atomic mass is 79.9. The zero-order valence-corrected chi connectivity index (χ0v) is 10.5. The number of pyridine rings is 1. The molecule has 0 radical (unpaired) electrons. The average Bonchev–Trinajstić information content (AvgIpc) is 2.89. The summed E-state index contributed by atoms with van der Waals surface area (Å²) in [4.78, 5) is 18.5. The Morgan fingerprint density at radius 2 is 2.31 bits per heavy atom.